The second-order valence-electron chi connectivity index (χ2n) is 4.13. The van der Waals surface area contributed by atoms with Gasteiger partial charge in [0.05, 0.1) is 0 Å². The van der Waals surface area contributed by atoms with Crippen molar-refractivity contribution in [3.63, 3.8) is 0 Å². The highest BCUT2D eigenvalue weighted by molar-refractivity contribution is 7.98. The number of ether oxygens (including phenoxy) is 1. The molecule has 1 amide bonds. The van der Waals surface area contributed by atoms with Crippen LogP contribution in [0.4, 0.5) is 0 Å². The van der Waals surface area contributed by atoms with Gasteiger partial charge in [-0.1, -0.05) is 0 Å². The van der Waals surface area contributed by atoms with Gasteiger partial charge in [-0.15, -0.1) is 11.8 Å². The van der Waals surface area contributed by atoms with E-state index in [-0.39, 0.29) is 5.76 Å². The standard InChI is InChI=1S/C14H16N2O3S/c1-9-10(7-13(19-9)14(17)16-15)8-18-11-3-5-12(20-2)6-4-11/h3-7H,8,15H2,1-2H3,(H,16,17). The molecule has 0 aliphatic carbocycles. The maximum absolute atomic E-state index is 11.4. The third-order valence-corrected chi connectivity index (χ3v) is 3.57. The van der Waals surface area contributed by atoms with Gasteiger partial charge in [-0.25, -0.2) is 5.84 Å². The summed E-state index contributed by atoms with van der Waals surface area (Å²) in [7, 11) is 0. The Morgan fingerprint density at radius 1 is 1.40 bits per heavy atom. The molecule has 0 unspecified atom stereocenters. The third kappa shape index (κ3) is 3.34. The SMILES string of the molecule is CSc1ccc(OCc2cc(C(=O)NN)oc2C)cc1. The molecule has 2 rings (SSSR count). The zero-order valence-corrected chi connectivity index (χ0v) is 12.1. The highest BCUT2D eigenvalue weighted by atomic mass is 32.2. The fraction of sp³-hybridized carbons (Fsp3) is 0.214. The number of hydrogen-bond donors (Lipinski definition) is 2. The largest absolute Gasteiger partial charge is 0.489 e. The normalized spacial score (nSPS) is 10.3. The first-order valence-corrected chi connectivity index (χ1v) is 7.23. The average Bonchev–Trinajstić information content (AvgIpc) is 2.86. The van der Waals surface area contributed by atoms with Gasteiger partial charge in [0.25, 0.3) is 0 Å². The number of hydrogen-bond acceptors (Lipinski definition) is 5. The monoisotopic (exact) mass is 292 g/mol. The van der Waals surface area contributed by atoms with Crippen LogP contribution < -0.4 is 16.0 Å². The minimum atomic E-state index is -0.455. The minimum Gasteiger partial charge on any atom is -0.489 e. The Morgan fingerprint density at radius 3 is 2.70 bits per heavy atom. The Labute approximate surface area is 121 Å². The number of carbonyl (C=O) groups is 1. The van der Waals surface area contributed by atoms with Crippen molar-refractivity contribution in [2.24, 2.45) is 5.84 Å². The molecule has 0 spiro atoms. The number of rotatable bonds is 5. The molecule has 0 aliphatic rings. The van der Waals surface area contributed by atoms with Gasteiger partial charge in [-0.2, -0.15) is 0 Å². The number of amides is 1. The van der Waals surface area contributed by atoms with Gasteiger partial charge in [0.1, 0.15) is 18.1 Å². The molecule has 20 heavy (non-hydrogen) atoms. The fourth-order valence-electron chi connectivity index (χ4n) is 1.68. The van der Waals surface area contributed by atoms with E-state index in [9.17, 15) is 4.79 Å². The first kappa shape index (κ1) is 14.5. The molecule has 0 saturated carbocycles. The predicted octanol–water partition coefficient (Wildman–Crippen LogP) is 2.49. The van der Waals surface area contributed by atoms with Crippen molar-refractivity contribution in [3.05, 3.63) is 47.4 Å². The summed E-state index contributed by atoms with van der Waals surface area (Å²) in [4.78, 5) is 12.5. The molecular weight excluding hydrogens is 276 g/mol. The zero-order valence-electron chi connectivity index (χ0n) is 11.3. The third-order valence-electron chi connectivity index (χ3n) is 2.83. The Kier molecular flexibility index (Phi) is 4.70. The number of nitrogens with one attached hydrogen (secondary N) is 1. The van der Waals surface area contributed by atoms with Crippen molar-refractivity contribution < 1.29 is 13.9 Å². The van der Waals surface area contributed by atoms with E-state index in [0.717, 1.165) is 11.3 Å². The Hall–Kier alpha value is -1.92. The molecule has 6 heteroatoms. The van der Waals surface area contributed by atoms with Gasteiger partial charge in [0.15, 0.2) is 5.76 Å². The van der Waals surface area contributed by atoms with Crippen LogP contribution in [0.1, 0.15) is 21.9 Å². The summed E-state index contributed by atoms with van der Waals surface area (Å²) in [6.45, 7) is 2.12. The number of nitrogens with two attached hydrogens (primary N) is 1. The second kappa shape index (κ2) is 6.49. The summed E-state index contributed by atoms with van der Waals surface area (Å²) in [5.41, 5.74) is 2.85. The van der Waals surface area contributed by atoms with Crippen LogP contribution in [0.15, 0.2) is 39.6 Å². The molecule has 0 radical (unpaired) electrons. The number of nitrogen functional groups attached to an aromatic ring is 1. The lowest BCUT2D eigenvalue weighted by Gasteiger charge is -2.05. The fourth-order valence-corrected chi connectivity index (χ4v) is 2.09. The summed E-state index contributed by atoms with van der Waals surface area (Å²) in [6, 6.07) is 9.45. The summed E-state index contributed by atoms with van der Waals surface area (Å²) in [5.74, 6) is 6.20. The quantitative estimate of drug-likeness (QED) is 0.383. The molecule has 1 aromatic carbocycles. The first-order valence-electron chi connectivity index (χ1n) is 6.01. The van der Waals surface area contributed by atoms with E-state index in [0.29, 0.717) is 12.4 Å². The van der Waals surface area contributed by atoms with E-state index in [2.05, 4.69) is 0 Å². The van der Waals surface area contributed by atoms with Gasteiger partial charge in [-0.3, -0.25) is 10.2 Å². The molecule has 5 nitrogen and oxygen atoms in total. The van der Waals surface area contributed by atoms with Crippen molar-refractivity contribution in [1.29, 1.82) is 0 Å². The average molecular weight is 292 g/mol. The van der Waals surface area contributed by atoms with Crippen molar-refractivity contribution in [3.8, 4) is 5.75 Å². The lowest BCUT2D eigenvalue weighted by atomic mass is 10.2. The maximum Gasteiger partial charge on any atom is 0.300 e. The van der Waals surface area contributed by atoms with Crippen LogP contribution in [0, 0.1) is 6.92 Å². The molecular formula is C14H16N2O3S. The van der Waals surface area contributed by atoms with Gasteiger partial charge in [-0.05, 0) is 43.5 Å². The van der Waals surface area contributed by atoms with E-state index in [1.807, 2.05) is 35.9 Å². The molecule has 1 heterocycles. The van der Waals surface area contributed by atoms with Crippen molar-refractivity contribution in [2.45, 2.75) is 18.4 Å². The molecule has 2 aromatic rings. The Bertz CT molecular complexity index is 593. The van der Waals surface area contributed by atoms with E-state index < -0.39 is 5.91 Å². The second-order valence-corrected chi connectivity index (χ2v) is 5.01. The smallest absolute Gasteiger partial charge is 0.300 e. The van der Waals surface area contributed by atoms with Crippen molar-refractivity contribution >= 4 is 17.7 Å². The molecule has 0 fully saturated rings. The molecule has 3 N–H and O–H groups in total. The van der Waals surface area contributed by atoms with Gasteiger partial charge >= 0.3 is 5.91 Å². The number of thioether (sulfide) groups is 1. The van der Waals surface area contributed by atoms with Crippen molar-refractivity contribution in [2.75, 3.05) is 6.26 Å². The van der Waals surface area contributed by atoms with Crippen LogP contribution in [0.25, 0.3) is 0 Å². The van der Waals surface area contributed by atoms with E-state index in [1.165, 1.54) is 4.90 Å². The van der Waals surface area contributed by atoms with Crippen LogP contribution in [0.3, 0.4) is 0 Å². The summed E-state index contributed by atoms with van der Waals surface area (Å²) < 4.78 is 11.0. The lowest BCUT2D eigenvalue weighted by molar-refractivity contribution is 0.0924. The summed E-state index contributed by atoms with van der Waals surface area (Å²) >= 11 is 1.68. The topological polar surface area (TPSA) is 77.5 Å². The number of aryl methyl sites for hydroxylation is 1. The van der Waals surface area contributed by atoms with Crippen molar-refractivity contribution in [1.82, 2.24) is 5.43 Å². The number of furan rings is 1. The Balaban J connectivity index is 2.02. The molecule has 0 saturated heterocycles. The van der Waals surface area contributed by atoms with Crippen LogP contribution in [0.2, 0.25) is 0 Å². The van der Waals surface area contributed by atoms with Crippen LogP contribution in [-0.4, -0.2) is 12.2 Å². The van der Waals surface area contributed by atoms with E-state index in [1.54, 1.807) is 24.8 Å². The van der Waals surface area contributed by atoms with Crippen LogP contribution in [0.5, 0.6) is 5.75 Å². The highest BCUT2D eigenvalue weighted by Gasteiger charge is 2.13. The predicted molar refractivity (Wildman–Crippen MR) is 77.7 cm³/mol. The maximum atomic E-state index is 11.4. The van der Waals surface area contributed by atoms with Gasteiger partial charge in [0, 0.05) is 10.5 Å². The van der Waals surface area contributed by atoms with Crippen LogP contribution in [-0.2, 0) is 6.61 Å². The minimum absolute atomic E-state index is 0.182. The molecule has 106 valence electrons. The number of carbonyl (C=O) groups excluding carboxylic acids is 1. The first-order chi connectivity index (χ1) is 9.63. The Morgan fingerprint density at radius 2 is 2.10 bits per heavy atom. The lowest BCUT2D eigenvalue weighted by Crippen LogP contribution is -2.29. The molecule has 1 aromatic heterocycles. The highest BCUT2D eigenvalue weighted by Crippen LogP contribution is 2.21. The summed E-state index contributed by atoms with van der Waals surface area (Å²) in [6.07, 6.45) is 2.02. The molecule has 0 aliphatic heterocycles. The van der Waals surface area contributed by atoms with Gasteiger partial charge < -0.3 is 9.15 Å². The molecule has 0 bridgehead atoms. The number of hydrazine groups is 1. The number of benzene rings is 1. The van der Waals surface area contributed by atoms with E-state index >= 15 is 0 Å². The van der Waals surface area contributed by atoms with E-state index in [4.69, 9.17) is 15.0 Å². The summed E-state index contributed by atoms with van der Waals surface area (Å²) in [5, 5.41) is 0. The molecule has 0 atom stereocenters. The zero-order chi connectivity index (χ0) is 14.5. The van der Waals surface area contributed by atoms with Gasteiger partial charge in [0.2, 0.25) is 0 Å². The van der Waals surface area contributed by atoms with Crippen LogP contribution >= 0.6 is 11.8 Å².